The number of aliphatic hydroxyl groups is 1. The van der Waals surface area contributed by atoms with Crippen LogP contribution in [-0.2, 0) is 11.3 Å². The van der Waals surface area contributed by atoms with Crippen LogP contribution in [0.15, 0.2) is 66.9 Å². The summed E-state index contributed by atoms with van der Waals surface area (Å²) in [4.78, 5) is 29.0. The maximum absolute atomic E-state index is 13.4. The molecule has 1 amide bonds. The third kappa shape index (κ3) is 1.59. The summed E-state index contributed by atoms with van der Waals surface area (Å²) in [6.45, 7) is 0. The van der Waals surface area contributed by atoms with Gasteiger partial charge in [0, 0.05) is 22.9 Å². The summed E-state index contributed by atoms with van der Waals surface area (Å²) < 4.78 is 5.85. The average Bonchev–Trinajstić information content (AvgIpc) is 3.31. The summed E-state index contributed by atoms with van der Waals surface area (Å²) in [5, 5.41) is 14.3. The van der Waals surface area contributed by atoms with Gasteiger partial charge in [0.2, 0.25) is 11.3 Å². The number of para-hydroxylation sites is 1. The predicted octanol–water partition coefficient (Wildman–Crippen LogP) is 2.07. The minimum Gasteiger partial charge on any atom is -0.454 e. The second-order valence-corrected chi connectivity index (χ2v) is 6.40. The average molecular weight is 346 g/mol. The number of hydrogen-bond acceptors (Lipinski definition) is 4. The highest BCUT2D eigenvalue weighted by molar-refractivity contribution is 6.13. The van der Waals surface area contributed by atoms with Gasteiger partial charge in [0.1, 0.15) is 11.4 Å². The molecule has 0 saturated heterocycles. The molecule has 0 spiro atoms. The zero-order valence-electron chi connectivity index (χ0n) is 13.5. The highest BCUT2D eigenvalue weighted by atomic mass is 16.6. The molecule has 2 unspecified atom stereocenters. The normalized spacial score (nSPS) is 25.2. The standard InChI is InChI=1S/C20H14N2O4/c23-17-12-6-1-2-7-13(12)20(25)19(17,14-8-3-4-10-16(14)26-20)22-18(24)15-9-5-11-21-15/h1-11,21,25H,(H,22,24). The number of aromatic nitrogens is 1. The van der Waals surface area contributed by atoms with E-state index in [9.17, 15) is 14.7 Å². The molecule has 2 heterocycles. The summed E-state index contributed by atoms with van der Waals surface area (Å²) >= 11 is 0. The SMILES string of the molecule is O=C(NC12C(=O)c3ccccc3C1(O)Oc1ccccc12)c1ccc[nH]1. The number of aromatic amines is 1. The number of rotatable bonds is 2. The summed E-state index contributed by atoms with van der Waals surface area (Å²) in [6.07, 6.45) is 1.61. The lowest BCUT2D eigenvalue weighted by Crippen LogP contribution is -2.60. The van der Waals surface area contributed by atoms with Crippen LogP contribution in [0.2, 0.25) is 0 Å². The van der Waals surface area contributed by atoms with Crippen molar-refractivity contribution in [1.29, 1.82) is 0 Å². The predicted molar refractivity (Wildman–Crippen MR) is 91.7 cm³/mol. The fourth-order valence-corrected chi connectivity index (χ4v) is 3.91. The Morgan fingerprint density at radius 3 is 2.50 bits per heavy atom. The molecular weight excluding hydrogens is 332 g/mol. The number of ketones is 1. The second-order valence-electron chi connectivity index (χ2n) is 6.40. The van der Waals surface area contributed by atoms with Crippen LogP contribution in [0.25, 0.3) is 0 Å². The van der Waals surface area contributed by atoms with E-state index in [0.717, 1.165) is 0 Å². The number of fused-ring (bicyclic) bond motifs is 5. The second kappa shape index (κ2) is 4.83. The minimum absolute atomic E-state index is 0.287. The van der Waals surface area contributed by atoms with Crippen LogP contribution in [0.4, 0.5) is 0 Å². The van der Waals surface area contributed by atoms with Gasteiger partial charge in [-0.3, -0.25) is 9.59 Å². The van der Waals surface area contributed by atoms with Crippen molar-refractivity contribution < 1.29 is 19.4 Å². The van der Waals surface area contributed by atoms with Gasteiger partial charge in [0.15, 0.2) is 0 Å². The van der Waals surface area contributed by atoms with Crippen molar-refractivity contribution in [2.45, 2.75) is 11.3 Å². The van der Waals surface area contributed by atoms with E-state index in [1.807, 2.05) is 0 Å². The van der Waals surface area contributed by atoms with Crippen LogP contribution in [0.3, 0.4) is 0 Å². The number of amides is 1. The number of H-pyrrole nitrogens is 1. The minimum atomic E-state index is -2.01. The molecule has 6 heteroatoms. The molecule has 3 N–H and O–H groups in total. The summed E-state index contributed by atoms with van der Waals surface area (Å²) in [5.41, 5.74) is -0.349. The molecule has 2 aromatic carbocycles. The topological polar surface area (TPSA) is 91.4 Å². The Labute approximate surface area is 148 Å². The Bertz CT molecular complexity index is 1060. The van der Waals surface area contributed by atoms with Gasteiger partial charge in [-0.15, -0.1) is 0 Å². The van der Waals surface area contributed by atoms with E-state index in [1.165, 1.54) is 0 Å². The van der Waals surface area contributed by atoms with Crippen molar-refractivity contribution >= 4 is 11.7 Å². The van der Waals surface area contributed by atoms with Gasteiger partial charge in [0.05, 0.1) is 0 Å². The van der Waals surface area contributed by atoms with Crippen molar-refractivity contribution in [2.24, 2.45) is 0 Å². The Morgan fingerprint density at radius 1 is 1.00 bits per heavy atom. The molecule has 0 saturated carbocycles. The van der Waals surface area contributed by atoms with E-state index >= 15 is 0 Å². The molecule has 0 radical (unpaired) electrons. The molecule has 128 valence electrons. The highest BCUT2D eigenvalue weighted by Gasteiger charge is 2.71. The van der Waals surface area contributed by atoms with Crippen molar-refractivity contribution in [3.8, 4) is 5.75 Å². The Balaban J connectivity index is 1.75. The van der Waals surface area contributed by atoms with E-state index in [4.69, 9.17) is 4.74 Å². The Kier molecular flexibility index (Phi) is 2.77. The largest absolute Gasteiger partial charge is 0.454 e. The number of ether oxygens (including phenoxy) is 1. The molecule has 0 bridgehead atoms. The number of carbonyl (C=O) groups excluding carboxylic acids is 2. The van der Waals surface area contributed by atoms with Crippen LogP contribution in [0.1, 0.15) is 32.0 Å². The molecule has 3 aromatic rings. The van der Waals surface area contributed by atoms with Crippen molar-refractivity contribution in [2.75, 3.05) is 0 Å². The van der Waals surface area contributed by atoms with Gasteiger partial charge in [0.25, 0.3) is 11.7 Å². The smallest absolute Gasteiger partial charge is 0.271 e. The molecule has 6 nitrogen and oxygen atoms in total. The van der Waals surface area contributed by atoms with Gasteiger partial charge in [-0.1, -0.05) is 42.5 Å². The van der Waals surface area contributed by atoms with Gasteiger partial charge >= 0.3 is 0 Å². The molecule has 2 aliphatic rings. The van der Waals surface area contributed by atoms with Crippen molar-refractivity contribution in [3.05, 3.63) is 89.2 Å². The number of hydrogen-bond donors (Lipinski definition) is 3. The molecule has 26 heavy (non-hydrogen) atoms. The van der Waals surface area contributed by atoms with E-state index in [2.05, 4.69) is 10.3 Å². The first-order valence-electron chi connectivity index (χ1n) is 8.19. The maximum Gasteiger partial charge on any atom is 0.271 e. The van der Waals surface area contributed by atoms with Crippen LogP contribution >= 0.6 is 0 Å². The monoisotopic (exact) mass is 346 g/mol. The molecule has 1 aromatic heterocycles. The lowest BCUT2D eigenvalue weighted by molar-refractivity contribution is -0.169. The van der Waals surface area contributed by atoms with E-state index in [0.29, 0.717) is 22.4 Å². The highest BCUT2D eigenvalue weighted by Crippen LogP contribution is 2.57. The van der Waals surface area contributed by atoms with Gasteiger partial charge < -0.3 is 20.1 Å². The number of benzene rings is 2. The molecule has 0 fully saturated rings. The third-order valence-corrected chi connectivity index (χ3v) is 5.08. The van der Waals surface area contributed by atoms with Crippen LogP contribution in [0.5, 0.6) is 5.75 Å². The Hall–Kier alpha value is -3.38. The summed E-state index contributed by atoms with van der Waals surface area (Å²) in [5.74, 6) is -2.55. The molecular formula is C20H14N2O4. The molecule has 2 atom stereocenters. The first-order chi connectivity index (χ1) is 12.6. The molecule has 1 aliphatic carbocycles. The number of Topliss-reactive ketones (excluding diaryl/α,β-unsaturated/α-hetero) is 1. The van der Waals surface area contributed by atoms with Crippen LogP contribution < -0.4 is 10.1 Å². The lowest BCUT2D eigenvalue weighted by Gasteiger charge is -2.34. The number of carbonyl (C=O) groups is 2. The number of nitrogens with one attached hydrogen (secondary N) is 2. The Morgan fingerprint density at radius 2 is 1.73 bits per heavy atom. The molecule has 1 aliphatic heterocycles. The maximum atomic E-state index is 13.4. The lowest BCUT2D eigenvalue weighted by atomic mass is 9.83. The molecule has 5 rings (SSSR count). The fraction of sp³-hybridized carbons (Fsp3) is 0.100. The zero-order valence-corrected chi connectivity index (χ0v) is 13.5. The van der Waals surface area contributed by atoms with Gasteiger partial charge in [-0.05, 0) is 18.2 Å². The van der Waals surface area contributed by atoms with E-state index in [1.54, 1.807) is 66.9 Å². The van der Waals surface area contributed by atoms with Crippen molar-refractivity contribution in [3.63, 3.8) is 0 Å². The third-order valence-electron chi connectivity index (χ3n) is 5.08. The van der Waals surface area contributed by atoms with E-state index in [-0.39, 0.29) is 5.69 Å². The first kappa shape index (κ1) is 14.9. The first-order valence-corrected chi connectivity index (χ1v) is 8.19. The summed E-state index contributed by atoms with van der Waals surface area (Å²) in [7, 11) is 0. The van der Waals surface area contributed by atoms with E-state index < -0.39 is 23.0 Å². The summed E-state index contributed by atoms with van der Waals surface area (Å²) in [6, 6.07) is 16.8. The zero-order chi connectivity index (χ0) is 17.9. The van der Waals surface area contributed by atoms with Crippen molar-refractivity contribution in [1.82, 2.24) is 10.3 Å². The van der Waals surface area contributed by atoms with Crippen LogP contribution in [0, 0.1) is 0 Å². The van der Waals surface area contributed by atoms with Gasteiger partial charge in [-0.25, -0.2) is 0 Å². The van der Waals surface area contributed by atoms with Crippen LogP contribution in [-0.4, -0.2) is 21.8 Å². The fourth-order valence-electron chi connectivity index (χ4n) is 3.91. The van der Waals surface area contributed by atoms with Gasteiger partial charge in [-0.2, -0.15) is 0 Å². The quantitative estimate of drug-likeness (QED) is 0.662.